The number of cyclic esters (lactones) is 1. The van der Waals surface area contributed by atoms with Crippen molar-refractivity contribution in [2.24, 2.45) is 22.2 Å². The van der Waals surface area contributed by atoms with E-state index in [1.54, 1.807) is 0 Å². The number of ether oxygens (including phenoxy) is 1. The quantitative estimate of drug-likeness (QED) is 0.675. The van der Waals surface area contributed by atoms with Crippen molar-refractivity contribution in [2.75, 3.05) is 0 Å². The molecule has 3 atom stereocenters. The minimum absolute atomic E-state index is 0.0110. The summed E-state index contributed by atoms with van der Waals surface area (Å²) < 4.78 is 4.64. The summed E-state index contributed by atoms with van der Waals surface area (Å²) in [6.45, 7) is 18.5. The first-order valence-electron chi connectivity index (χ1n) is 9.08. The van der Waals surface area contributed by atoms with Crippen LogP contribution in [0.3, 0.4) is 0 Å². The molecule has 1 N–H and O–H groups in total. The van der Waals surface area contributed by atoms with E-state index in [0.29, 0.717) is 11.7 Å². The molecule has 0 bridgehead atoms. The van der Waals surface area contributed by atoms with Crippen LogP contribution in [0, 0.1) is 22.2 Å². The Morgan fingerprint density at radius 2 is 1.28 bits per heavy atom. The summed E-state index contributed by atoms with van der Waals surface area (Å²) in [5, 5.41) is 2.73. The number of ketones is 1. The topological polar surface area (TPSA) is 85.7 Å². The Hall–Kier alpha value is -1.39. The van der Waals surface area contributed by atoms with Crippen LogP contribution in [0.25, 0.3) is 0 Å². The number of hydrogen-bond donors (Lipinski definition) is 1. The molecule has 0 spiro atoms. The van der Waals surface area contributed by atoms with Crippen LogP contribution in [0.5, 0.6) is 0 Å². The molecule has 3 fully saturated rings. The van der Waals surface area contributed by atoms with Crippen molar-refractivity contribution >= 4 is 17.7 Å². The third-order valence-electron chi connectivity index (χ3n) is 4.62. The van der Waals surface area contributed by atoms with Gasteiger partial charge in [0.25, 0.3) is 0 Å². The molecule has 5 heteroatoms. The van der Waals surface area contributed by atoms with Gasteiger partial charge < -0.3 is 10.1 Å². The second-order valence-corrected chi connectivity index (χ2v) is 10.4. The van der Waals surface area contributed by atoms with Crippen LogP contribution in [0.15, 0.2) is 0 Å². The lowest BCUT2D eigenvalue weighted by atomic mass is 9.68. The molecule has 1 saturated carbocycles. The summed E-state index contributed by atoms with van der Waals surface area (Å²) in [5.41, 5.74) is 0.351. The molecule has 1 aliphatic carbocycles. The van der Waals surface area contributed by atoms with E-state index >= 15 is 0 Å². The van der Waals surface area contributed by atoms with Crippen molar-refractivity contribution < 1.29 is 19.1 Å². The Morgan fingerprint density at radius 3 is 1.28 bits per heavy atom. The van der Waals surface area contributed by atoms with Gasteiger partial charge in [0.15, 0.2) is 0 Å². The van der Waals surface area contributed by atoms with Gasteiger partial charge in [-0.25, -0.2) is 4.79 Å². The normalized spacial score (nSPS) is 27.6. The summed E-state index contributed by atoms with van der Waals surface area (Å²) in [6, 6.07) is 0.127. The molecule has 0 aromatic carbocycles. The third-order valence-corrected chi connectivity index (χ3v) is 4.62. The molecule has 3 aliphatic rings. The first-order valence-corrected chi connectivity index (χ1v) is 9.08. The van der Waals surface area contributed by atoms with Crippen molar-refractivity contribution in [1.29, 1.82) is 0 Å². The van der Waals surface area contributed by atoms with E-state index in [-0.39, 0.29) is 40.3 Å². The van der Waals surface area contributed by atoms with Crippen molar-refractivity contribution in [2.45, 2.75) is 87.3 Å². The van der Waals surface area contributed by atoms with Crippen molar-refractivity contribution in [3.8, 4) is 0 Å². The van der Waals surface area contributed by atoms with Crippen LogP contribution in [0.2, 0.25) is 0 Å². The number of epoxide rings is 1. The highest BCUT2D eigenvalue weighted by atomic mass is 16.6. The van der Waals surface area contributed by atoms with Gasteiger partial charge in [0.1, 0.15) is 11.8 Å². The van der Waals surface area contributed by atoms with E-state index in [4.69, 9.17) is 0 Å². The predicted octanol–water partition coefficient (Wildman–Crippen LogP) is 3.50. The third kappa shape index (κ3) is 6.79. The SMILES string of the molecule is CC(C)(C)C1CCC1=O.CC(C)(C)C1NC1=O.CC(C)(C)C1OC1=O. The standard InChI is InChI=1S/C8H14O.C6H11NO.C6H10O2/c1-8(2,3)6-4-5-7(6)9;1-6(2,3)4-5(8)7-4;1-6(2,3)4-5(7)8-4/h6H,4-5H2,1-3H3;4H,1-3H3,(H,7,8);4H,1-3H3. The molecule has 0 radical (unpaired) electrons. The van der Waals surface area contributed by atoms with Crippen LogP contribution >= 0.6 is 0 Å². The molecule has 0 aromatic rings. The number of rotatable bonds is 0. The monoisotopic (exact) mass is 353 g/mol. The maximum Gasteiger partial charge on any atom is 0.348 e. The molecule has 144 valence electrons. The lowest BCUT2D eigenvalue weighted by molar-refractivity contribution is -0.133. The summed E-state index contributed by atoms with van der Waals surface area (Å²) in [5.74, 6) is 0.954. The smallest absolute Gasteiger partial charge is 0.348 e. The molecule has 25 heavy (non-hydrogen) atoms. The van der Waals surface area contributed by atoms with Crippen LogP contribution < -0.4 is 5.32 Å². The van der Waals surface area contributed by atoms with Gasteiger partial charge in [-0.15, -0.1) is 0 Å². The fourth-order valence-corrected chi connectivity index (χ4v) is 2.65. The van der Waals surface area contributed by atoms with E-state index in [2.05, 4.69) is 51.6 Å². The molecular formula is C20H35NO4. The minimum atomic E-state index is -0.123. The van der Waals surface area contributed by atoms with Crippen molar-refractivity contribution in [3.63, 3.8) is 0 Å². The molecule has 0 aromatic heterocycles. The van der Waals surface area contributed by atoms with E-state index in [9.17, 15) is 14.4 Å². The number of amides is 1. The Balaban J connectivity index is 0.000000188. The molecular weight excluding hydrogens is 318 g/mol. The number of hydrogen-bond acceptors (Lipinski definition) is 4. The number of carbonyl (C=O) groups excluding carboxylic acids is 3. The lowest BCUT2D eigenvalue weighted by Crippen LogP contribution is -2.36. The summed E-state index contributed by atoms with van der Waals surface area (Å²) in [7, 11) is 0. The molecule has 2 heterocycles. The fourth-order valence-electron chi connectivity index (χ4n) is 2.65. The highest BCUT2D eigenvalue weighted by molar-refractivity contribution is 5.97. The Morgan fingerprint density at radius 1 is 0.840 bits per heavy atom. The zero-order valence-electron chi connectivity index (χ0n) is 17.3. The van der Waals surface area contributed by atoms with Crippen LogP contribution in [0.4, 0.5) is 0 Å². The van der Waals surface area contributed by atoms with E-state index < -0.39 is 0 Å². The van der Waals surface area contributed by atoms with Crippen LogP contribution in [-0.4, -0.2) is 29.8 Å². The summed E-state index contributed by atoms with van der Waals surface area (Å²) in [6.07, 6.45) is 1.81. The highest BCUT2D eigenvalue weighted by Gasteiger charge is 2.47. The second kappa shape index (κ2) is 7.08. The highest BCUT2D eigenvalue weighted by Crippen LogP contribution is 2.38. The van der Waals surface area contributed by atoms with Gasteiger partial charge in [0.05, 0.1) is 0 Å². The average molecular weight is 354 g/mol. The first kappa shape index (κ1) is 21.7. The lowest BCUT2D eigenvalue weighted by Gasteiger charge is -2.35. The number of Topliss-reactive ketones (excluding diaryl/α,β-unsaturated/α-hetero) is 1. The van der Waals surface area contributed by atoms with Crippen molar-refractivity contribution in [3.05, 3.63) is 0 Å². The molecule has 2 aliphatic heterocycles. The average Bonchev–Trinajstić information content (AvgIpc) is 3.23. The molecule has 1 amide bonds. The van der Waals surface area contributed by atoms with E-state index in [1.807, 2.05) is 20.8 Å². The maximum absolute atomic E-state index is 10.9. The zero-order valence-corrected chi connectivity index (χ0v) is 17.3. The minimum Gasteiger partial charge on any atom is -0.447 e. The number of carbonyl (C=O) groups is 3. The van der Waals surface area contributed by atoms with Gasteiger partial charge in [-0.2, -0.15) is 0 Å². The fraction of sp³-hybridized carbons (Fsp3) is 0.850. The summed E-state index contributed by atoms with van der Waals surface area (Å²) >= 11 is 0. The molecule has 3 unspecified atom stereocenters. The second-order valence-electron chi connectivity index (χ2n) is 10.4. The Kier molecular flexibility index (Phi) is 6.13. The van der Waals surface area contributed by atoms with E-state index in [0.717, 1.165) is 12.8 Å². The molecule has 5 nitrogen and oxygen atoms in total. The zero-order chi connectivity index (χ0) is 19.8. The number of nitrogens with one attached hydrogen (secondary N) is 1. The summed E-state index contributed by atoms with van der Waals surface area (Å²) in [4.78, 5) is 31.6. The maximum atomic E-state index is 10.9. The van der Waals surface area contributed by atoms with Gasteiger partial charge >= 0.3 is 5.97 Å². The Labute approximate surface area is 152 Å². The van der Waals surface area contributed by atoms with Gasteiger partial charge in [-0.05, 0) is 17.3 Å². The molecule has 3 rings (SSSR count). The van der Waals surface area contributed by atoms with Gasteiger partial charge in [-0.3, -0.25) is 9.59 Å². The van der Waals surface area contributed by atoms with Crippen LogP contribution in [0.1, 0.15) is 75.2 Å². The van der Waals surface area contributed by atoms with E-state index in [1.165, 1.54) is 0 Å². The van der Waals surface area contributed by atoms with Gasteiger partial charge in [0.2, 0.25) is 12.0 Å². The largest absolute Gasteiger partial charge is 0.447 e. The first-order chi connectivity index (χ1) is 11.0. The van der Waals surface area contributed by atoms with Crippen LogP contribution in [-0.2, 0) is 19.1 Å². The van der Waals surface area contributed by atoms with Crippen molar-refractivity contribution in [1.82, 2.24) is 5.32 Å². The van der Waals surface area contributed by atoms with Gasteiger partial charge in [-0.1, -0.05) is 62.3 Å². The Bertz CT molecular complexity index is 499. The molecule has 2 saturated heterocycles. The predicted molar refractivity (Wildman–Crippen MR) is 97.9 cm³/mol. The van der Waals surface area contributed by atoms with Gasteiger partial charge in [0, 0.05) is 17.8 Å².